The molecule has 0 unspecified atom stereocenters. The fraction of sp³-hybridized carbons (Fsp3) is 1.00. The third-order valence-corrected chi connectivity index (χ3v) is 4.83. The average molecular weight is 255 g/mol. The highest BCUT2D eigenvalue weighted by molar-refractivity contribution is 4.89. The molecule has 0 bridgehead atoms. The maximum absolute atomic E-state index is 6.05. The molecular formula is C16H33NO. The maximum atomic E-state index is 6.05. The maximum Gasteiger partial charge on any atom is 0.0471 e. The predicted molar refractivity (Wildman–Crippen MR) is 78.6 cm³/mol. The number of nitrogens with two attached hydrogens (primary N) is 1. The van der Waals surface area contributed by atoms with Gasteiger partial charge in [0.1, 0.15) is 0 Å². The zero-order valence-corrected chi connectivity index (χ0v) is 12.9. The van der Waals surface area contributed by atoms with Crippen LogP contribution in [0.3, 0.4) is 0 Å². The quantitative estimate of drug-likeness (QED) is 0.729. The van der Waals surface area contributed by atoms with E-state index in [4.69, 9.17) is 10.5 Å². The van der Waals surface area contributed by atoms with Crippen LogP contribution in [0.2, 0.25) is 0 Å². The zero-order valence-electron chi connectivity index (χ0n) is 12.9. The normalized spacial score (nSPS) is 29.5. The summed E-state index contributed by atoms with van der Waals surface area (Å²) in [5, 5.41) is 0. The fourth-order valence-electron chi connectivity index (χ4n) is 3.19. The van der Waals surface area contributed by atoms with E-state index in [0.717, 1.165) is 38.5 Å². The van der Waals surface area contributed by atoms with Gasteiger partial charge in [-0.15, -0.1) is 0 Å². The molecule has 0 aromatic heterocycles. The van der Waals surface area contributed by atoms with Crippen LogP contribution in [0.15, 0.2) is 0 Å². The highest BCUT2D eigenvalue weighted by atomic mass is 16.5. The standard InChI is InChI=1S/C16H33NO/c1-5-11-18-12-10-16(13-17)8-6-14(7-9-16)15(2,3)4/h14H,5-13,17H2,1-4H3. The summed E-state index contributed by atoms with van der Waals surface area (Å²) in [6.07, 6.45) is 7.53. The second kappa shape index (κ2) is 6.91. The lowest BCUT2D eigenvalue weighted by molar-refractivity contribution is 0.0474. The first-order valence-corrected chi connectivity index (χ1v) is 7.71. The molecule has 1 aliphatic carbocycles. The van der Waals surface area contributed by atoms with Crippen molar-refractivity contribution in [3.63, 3.8) is 0 Å². The molecule has 108 valence electrons. The van der Waals surface area contributed by atoms with E-state index in [1.807, 2.05) is 0 Å². The molecule has 0 aliphatic heterocycles. The summed E-state index contributed by atoms with van der Waals surface area (Å²) in [6, 6.07) is 0. The Labute approximate surface area is 114 Å². The van der Waals surface area contributed by atoms with Crippen LogP contribution < -0.4 is 5.73 Å². The van der Waals surface area contributed by atoms with Crippen LogP contribution in [0.25, 0.3) is 0 Å². The van der Waals surface area contributed by atoms with Crippen molar-refractivity contribution >= 4 is 0 Å². The zero-order chi connectivity index (χ0) is 13.6. The van der Waals surface area contributed by atoms with Crippen molar-refractivity contribution < 1.29 is 4.74 Å². The number of rotatable bonds is 6. The Kier molecular flexibility index (Phi) is 6.13. The Bertz CT molecular complexity index is 224. The lowest BCUT2D eigenvalue weighted by atomic mass is 9.63. The first-order valence-electron chi connectivity index (χ1n) is 7.71. The molecule has 2 nitrogen and oxygen atoms in total. The molecule has 2 N–H and O–H groups in total. The van der Waals surface area contributed by atoms with Gasteiger partial charge in [-0.1, -0.05) is 27.7 Å². The van der Waals surface area contributed by atoms with Crippen molar-refractivity contribution in [3.05, 3.63) is 0 Å². The van der Waals surface area contributed by atoms with Crippen LogP contribution in [0, 0.1) is 16.7 Å². The van der Waals surface area contributed by atoms with Gasteiger partial charge < -0.3 is 10.5 Å². The summed E-state index contributed by atoms with van der Waals surface area (Å²) in [7, 11) is 0. The Hall–Kier alpha value is -0.0800. The van der Waals surface area contributed by atoms with E-state index in [9.17, 15) is 0 Å². The monoisotopic (exact) mass is 255 g/mol. The van der Waals surface area contributed by atoms with Gasteiger partial charge in [0.2, 0.25) is 0 Å². The van der Waals surface area contributed by atoms with E-state index in [1.54, 1.807) is 0 Å². The van der Waals surface area contributed by atoms with Gasteiger partial charge in [-0.05, 0) is 61.8 Å². The third kappa shape index (κ3) is 4.55. The van der Waals surface area contributed by atoms with Crippen molar-refractivity contribution in [2.75, 3.05) is 19.8 Å². The highest BCUT2D eigenvalue weighted by Crippen LogP contribution is 2.46. The lowest BCUT2D eigenvalue weighted by Gasteiger charge is -2.43. The highest BCUT2D eigenvalue weighted by Gasteiger charge is 2.37. The molecule has 2 heteroatoms. The number of ether oxygens (including phenoxy) is 1. The largest absolute Gasteiger partial charge is 0.381 e. The van der Waals surface area contributed by atoms with E-state index >= 15 is 0 Å². The van der Waals surface area contributed by atoms with Gasteiger partial charge in [-0.3, -0.25) is 0 Å². The van der Waals surface area contributed by atoms with Crippen molar-refractivity contribution in [1.29, 1.82) is 0 Å². The predicted octanol–water partition coefficient (Wildman–Crippen LogP) is 3.98. The minimum atomic E-state index is 0.371. The molecule has 0 aromatic carbocycles. The molecular weight excluding hydrogens is 222 g/mol. The van der Waals surface area contributed by atoms with E-state index < -0.39 is 0 Å². The summed E-state index contributed by atoms with van der Waals surface area (Å²) in [4.78, 5) is 0. The van der Waals surface area contributed by atoms with Gasteiger partial charge in [-0.2, -0.15) is 0 Å². The van der Waals surface area contributed by atoms with Crippen molar-refractivity contribution in [2.24, 2.45) is 22.5 Å². The summed E-state index contributed by atoms with van der Waals surface area (Å²) < 4.78 is 5.65. The van der Waals surface area contributed by atoms with Gasteiger partial charge in [0.15, 0.2) is 0 Å². The van der Waals surface area contributed by atoms with Crippen LogP contribution in [0.1, 0.15) is 66.2 Å². The average Bonchev–Trinajstić information content (AvgIpc) is 2.34. The van der Waals surface area contributed by atoms with E-state index in [1.165, 1.54) is 25.7 Å². The van der Waals surface area contributed by atoms with E-state index in [2.05, 4.69) is 27.7 Å². The summed E-state index contributed by atoms with van der Waals surface area (Å²) in [5.74, 6) is 0.869. The van der Waals surface area contributed by atoms with Crippen molar-refractivity contribution in [3.8, 4) is 0 Å². The molecule has 1 fully saturated rings. The second-order valence-electron chi connectivity index (χ2n) is 7.21. The Morgan fingerprint density at radius 2 is 1.78 bits per heavy atom. The topological polar surface area (TPSA) is 35.2 Å². The SMILES string of the molecule is CCCOCCC1(CN)CCC(C(C)(C)C)CC1. The molecule has 1 rings (SSSR count). The Morgan fingerprint density at radius 1 is 1.17 bits per heavy atom. The fourth-order valence-corrected chi connectivity index (χ4v) is 3.19. The van der Waals surface area contributed by atoms with E-state index in [-0.39, 0.29) is 0 Å². The summed E-state index contributed by atoms with van der Waals surface area (Å²) in [5.41, 5.74) is 6.88. The van der Waals surface area contributed by atoms with Crippen molar-refractivity contribution in [2.45, 2.75) is 66.2 Å². The van der Waals surface area contributed by atoms with Crippen LogP contribution >= 0.6 is 0 Å². The van der Waals surface area contributed by atoms with Gasteiger partial charge >= 0.3 is 0 Å². The molecule has 0 heterocycles. The summed E-state index contributed by atoms with van der Waals surface area (Å²) >= 11 is 0. The molecule has 18 heavy (non-hydrogen) atoms. The molecule has 0 amide bonds. The number of hydrogen-bond donors (Lipinski definition) is 1. The molecule has 1 saturated carbocycles. The smallest absolute Gasteiger partial charge is 0.0471 e. The van der Waals surface area contributed by atoms with E-state index in [0.29, 0.717) is 10.8 Å². The third-order valence-electron chi connectivity index (χ3n) is 4.83. The van der Waals surface area contributed by atoms with Gasteiger partial charge in [0.25, 0.3) is 0 Å². The lowest BCUT2D eigenvalue weighted by Crippen LogP contribution is -2.38. The van der Waals surface area contributed by atoms with Crippen LogP contribution in [-0.2, 0) is 4.74 Å². The molecule has 0 atom stereocenters. The molecule has 1 aliphatic rings. The van der Waals surface area contributed by atoms with Gasteiger partial charge in [0.05, 0.1) is 0 Å². The molecule has 0 spiro atoms. The Balaban J connectivity index is 2.40. The van der Waals surface area contributed by atoms with Gasteiger partial charge in [0, 0.05) is 13.2 Å². The minimum absolute atomic E-state index is 0.371. The second-order valence-corrected chi connectivity index (χ2v) is 7.21. The van der Waals surface area contributed by atoms with Crippen molar-refractivity contribution in [1.82, 2.24) is 0 Å². The van der Waals surface area contributed by atoms with Crippen LogP contribution in [0.5, 0.6) is 0 Å². The molecule has 0 radical (unpaired) electrons. The van der Waals surface area contributed by atoms with Gasteiger partial charge in [-0.25, -0.2) is 0 Å². The minimum Gasteiger partial charge on any atom is -0.381 e. The van der Waals surface area contributed by atoms with Crippen LogP contribution in [0.4, 0.5) is 0 Å². The Morgan fingerprint density at radius 3 is 2.22 bits per heavy atom. The molecule has 0 aromatic rings. The van der Waals surface area contributed by atoms with Crippen LogP contribution in [-0.4, -0.2) is 19.8 Å². The summed E-state index contributed by atoms with van der Waals surface area (Å²) in [6.45, 7) is 11.9. The molecule has 0 saturated heterocycles. The first kappa shape index (κ1) is 16.0. The number of hydrogen-bond acceptors (Lipinski definition) is 2. The first-order chi connectivity index (χ1) is 8.43.